The van der Waals surface area contributed by atoms with E-state index >= 15 is 0 Å². The van der Waals surface area contributed by atoms with Crippen molar-refractivity contribution in [2.24, 2.45) is 7.05 Å². The number of benzene rings is 2. The molecule has 0 aliphatic heterocycles. The summed E-state index contributed by atoms with van der Waals surface area (Å²) in [7, 11) is 1.07. The van der Waals surface area contributed by atoms with Crippen molar-refractivity contribution < 1.29 is 26.4 Å². The van der Waals surface area contributed by atoms with Crippen LogP contribution in [0.5, 0.6) is 0 Å². The van der Waals surface area contributed by atoms with Crippen molar-refractivity contribution in [2.45, 2.75) is 30.5 Å². The van der Waals surface area contributed by atoms with E-state index < -0.39 is 21.8 Å². The normalized spacial score (nSPS) is 12.5. The minimum Gasteiger partial charge on any atom is -0.352 e. The second-order valence-corrected chi connectivity index (χ2v) is 9.65. The number of halogens is 3. The number of fused-ring (bicyclic) bond motifs is 1. The molecule has 2 aromatic carbocycles. The molecule has 1 heterocycles. The van der Waals surface area contributed by atoms with Gasteiger partial charge in [0.15, 0.2) is 0 Å². The highest BCUT2D eigenvalue weighted by Crippen LogP contribution is 2.29. The van der Waals surface area contributed by atoms with Crippen molar-refractivity contribution in [1.82, 2.24) is 19.2 Å². The van der Waals surface area contributed by atoms with Crippen LogP contribution in [-0.4, -0.2) is 42.3 Å². The maximum atomic E-state index is 12.8. The van der Waals surface area contributed by atoms with Gasteiger partial charge in [0.2, 0.25) is 15.9 Å². The van der Waals surface area contributed by atoms with Gasteiger partial charge in [-0.15, -0.1) is 0 Å². The van der Waals surface area contributed by atoms with Gasteiger partial charge in [0.25, 0.3) is 0 Å². The van der Waals surface area contributed by atoms with Crippen molar-refractivity contribution in [3.05, 3.63) is 59.4 Å². The zero-order chi connectivity index (χ0) is 23.7. The third kappa shape index (κ3) is 5.10. The molecular formula is C21H23F3N4O3S. The van der Waals surface area contributed by atoms with Crippen molar-refractivity contribution in [1.29, 1.82) is 0 Å². The average Bonchev–Trinajstić information content (AvgIpc) is 3.05. The lowest BCUT2D eigenvalue weighted by Gasteiger charge is -2.11. The summed E-state index contributed by atoms with van der Waals surface area (Å²) in [4.78, 5) is 16.8. The van der Waals surface area contributed by atoms with Crippen LogP contribution in [0.25, 0.3) is 11.0 Å². The minimum atomic E-state index is -4.44. The number of aryl methyl sites for hydroxylation is 2. The number of rotatable bonds is 7. The Morgan fingerprint density at radius 3 is 2.53 bits per heavy atom. The van der Waals surface area contributed by atoms with E-state index in [-0.39, 0.29) is 30.2 Å². The fraction of sp³-hybridized carbons (Fsp3) is 0.333. The third-order valence-corrected chi connectivity index (χ3v) is 6.85. The Morgan fingerprint density at radius 1 is 1.16 bits per heavy atom. The second-order valence-electron chi connectivity index (χ2n) is 7.50. The lowest BCUT2D eigenvalue weighted by atomic mass is 10.1. The van der Waals surface area contributed by atoms with E-state index in [1.807, 2.05) is 0 Å². The fourth-order valence-electron chi connectivity index (χ4n) is 3.20. The SMILES string of the molecule is CN(C)S(=O)(=O)c1ccc2c(c1)nc(CCC(=O)NCc1cccc(C(F)(F)F)c1)n2C. The van der Waals surface area contributed by atoms with Crippen molar-refractivity contribution in [2.75, 3.05) is 14.1 Å². The Bertz CT molecular complexity index is 1250. The predicted octanol–water partition coefficient (Wildman–Crippen LogP) is 3.09. The van der Waals surface area contributed by atoms with Crippen LogP contribution in [0.3, 0.4) is 0 Å². The molecule has 172 valence electrons. The smallest absolute Gasteiger partial charge is 0.352 e. The Labute approximate surface area is 183 Å². The molecule has 3 aromatic rings. The summed E-state index contributed by atoms with van der Waals surface area (Å²) in [6.07, 6.45) is -4.07. The number of imidazole rings is 1. The molecule has 0 saturated carbocycles. The molecule has 0 bridgehead atoms. The minimum absolute atomic E-state index is 0.0168. The zero-order valence-corrected chi connectivity index (χ0v) is 18.6. The number of carbonyl (C=O) groups is 1. The van der Waals surface area contributed by atoms with Gasteiger partial charge in [-0.1, -0.05) is 12.1 Å². The summed E-state index contributed by atoms with van der Waals surface area (Å²) >= 11 is 0. The van der Waals surface area contributed by atoms with Gasteiger partial charge in [0, 0.05) is 40.5 Å². The van der Waals surface area contributed by atoms with Crippen LogP contribution >= 0.6 is 0 Å². The monoisotopic (exact) mass is 468 g/mol. The molecule has 0 fully saturated rings. The van der Waals surface area contributed by atoms with Crippen LogP contribution in [0.2, 0.25) is 0 Å². The van der Waals surface area contributed by atoms with Gasteiger partial charge in [-0.05, 0) is 35.9 Å². The lowest BCUT2D eigenvalue weighted by molar-refractivity contribution is -0.137. The maximum absolute atomic E-state index is 12.8. The molecule has 3 rings (SSSR count). The van der Waals surface area contributed by atoms with Crippen LogP contribution < -0.4 is 5.32 Å². The van der Waals surface area contributed by atoms with Crippen molar-refractivity contribution >= 4 is 27.0 Å². The molecule has 0 unspecified atom stereocenters. The topological polar surface area (TPSA) is 84.3 Å². The first-order valence-electron chi connectivity index (χ1n) is 9.70. The molecule has 32 heavy (non-hydrogen) atoms. The fourth-order valence-corrected chi connectivity index (χ4v) is 4.12. The number of alkyl halides is 3. The number of nitrogens with zero attached hydrogens (tertiary/aromatic N) is 3. The number of carbonyl (C=O) groups excluding carboxylic acids is 1. The molecule has 0 aliphatic carbocycles. The van der Waals surface area contributed by atoms with E-state index in [9.17, 15) is 26.4 Å². The van der Waals surface area contributed by atoms with Gasteiger partial charge in [-0.3, -0.25) is 4.79 Å². The van der Waals surface area contributed by atoms with Crippen molar-refractivity contribution in [3.63, 3.8) is 0 Å². The largest absolute Gasteiger partial charge is 0.416 e. The molecule has 1 N–H and O–H groups in total. The molecule has 0 spiro atoms. The van der Waals surface area contributed by atoms with Gasteiger partial charge >= 0.3 is 6.18 Å². The lowest BCUT2D eigenvalue weighted by Crippen LogP contribution is -2.23. The molecule has 11 heteroatoms. The van der Waals surface area contributed by atoms with Crippen LogP contribution in [0, 0.1) is 0 Å². The first kappa shape index (κ1) is 23.7. The first-order chi connectivity index (χ1) is 14.9. The van der Waals surface area contributed by atoms with E-state index in [4.69, 9.17) is 0 Å². The average molecular weight is 469 g/mol. The van der Waals surface area contributed by atoms with E-state index in [1.165, 1.54) is 38.4 Å². The standard InChI is InChI=1S/C21H23F3N4O3S/c1-27(2)32(30,31)16-7-8-18-17(12-16)26-19(28(18)3)9-10-20(29)25-13-14-5-4-6-15(11-14)21(22,23)24/h4-8,11-12H,9-10,13H2,1-3H3,(H,25,29). The highest BCUT2D eigenvalue weighted by atomic mass is 32.2. The number of nitrogens with one attached hydrogen (secondary N) is 1. The van der Waals surface area contributed by atoms with Crippen LogP contribution in [0.1, 0.15) is 23.4 Å². The maximum Gasteiger partial charge on any atom is 0.416 e. The van der Waals surface area contributed by atoms with E-state index in [1.54, 1.807) is 17.7 Å². The van der Waals surface area contributed by atoms with E-state index in [0.717, 1.165) is 22.0 Å². The third-order valence-electron chi connectivity index (χ3n) is 5.04. The Balaban J connectivity index is 1.66. The van der Waals surface area contributed by atoms with Crippen molar-refractivity contribution in [3.8, 4) is 0 Å². The summed E-state index contributed by atoms with van der Waals surface area (Å²) in [6, 6.07) is 9.45. The summed E-state index contributed by atoms with van der Waals surface area (Å²) in [5.41, 5.74) is 0.807. The van der Waals surface area contributed by atoms with E-state index in [0.29, 0.717) is 16.9 Å². The van der Waals surface area contributed by atoms with Gasteiger partial charge in [0.1, 0.15) is 5.82 Å². The number of amides is 1. The molecule has 0 aliphatic rings. The summed E-state index contributed by atoms with van der Waals surface area (Å²) in [5.74, 6) is 0.263. The molecule has 0 atom stereocenters. The second kappa shape index (κ2) is 8.91. The van der Waals surface area contributed by atoms with Crippen LogP contribution in [0.15, 0.2) is 47.4 Å². The molecule has 0 radical (unpaired) electrons. The Morgan fingerprint density at radius 2 is 1.88 bits per heavy atom. The van der Waals surface area contributed by atoms with Gasteiger partial charge in [-0.2, -0.15) is 13.2 Å². The molecule has 0 saturated heterocycles. The highest BCUT2D eigenvalue weighted by Gasteiger charge is 2.30. The van der Waals surface area contributed by atoms with E-state index in [2.05, 4.69) is 10.3 Å². The Kier molecular flexibility index (Phi) is 6.61. The number of aromatic nitrogens is 2. The first-order valence-corrected chi connectivity index (χ1v) is 11.1. The zero-order valence-electron chi connectivity index (χ0n) is 17.8. The van der Waals surface area contributed by atoms with Gasteiger partial charge < -0.3 is 9.88 Å². The molecule has 1 amide bonds. The summed E-state index contributed by atoms with van der Waals surface area (Å²) < 4.78 is 65.9. The number of hydrogen-bond acceptors (Lipinski definition) is 4. The summed E-state index contributed by atoms with van der Waals surface area (Å²) in [6.45, 7) is -0.0168. The molecule has 7 nitrogen and oxygen atoms in total. The summed E-state index contributed by atoms with van der Waals surface area (Å²) in [5, 5.41) is 2.61. The van der Waals surface area contributed by atoms with Crippen LogP contribution in [0.4, 0.5) is 13.2 Å². The number of hydrogen-bond donors (Lipinski definition) is 1. The Hall–Kier alpha value is -2.92. The van der Waals surface area contributed by atoms with Gasteiger partial charge in [0.05, 0.1) is 21.5 Å². The van der Waals surface area contributed by atoms with Gasteiger partial charge in [-0.25, -0.2) is 17.7 Å². The van der Waals surface area contributed by atoms with Crippen LogP contribution in [-0.2, 0) is 41.0 Å². The highest BCUT2D eigenvalue weighted by molar-refractivity contribution is 7.89. The quantitative estimate of drug-likeness (QED) is 0.578. The predicted molar refractivity (Wildman–Crippen MR) is 113 cm³/mol. The molecular weight excluding hydrogens is 445 g/mol. The molecule has 1 aromatic heterocycles. The number of sulfonamides is 1.